The molecule has 0 aliphatic rings. The van der Waals surface area contributed by atoms with E-state index in [2.05, 4.69) is 32.4 Å². The summed E-state index contributed by atoms with van der Waals surface area (Å²) in [5.74, 6) is 1.77. The van der Waals surface area contributed by atoms with Crippen LogP contribution in [-0.2, 0) is 26.5 Å². The van der Waals surface area contributed by atoms with Gasteiger partial charge in [0.05, 0.1) is 0 Å². The van der Waals surface area contributed by atoms with E-state index in [-0.39, 0.29) is 35.9 Å². The zero-order chi connectivity index (χ0) is 9.98. The normalized spacial score (nSPS) is 10.5. The van der Waals surface area contributed by atoms with Gasteiger partial charge in [0.15, 0.2) is 0 Å². The fraction of sp³-hybridized carbons (Fsp3) is 0.800. The van der Waals surface area contributed by atoms with Crippen LogP contribution in [0.4, 0.5) is 0 Å². The Morgan fingerprint density at radius 1 is 1.29 bits per heavy atom. The van der Waals surface area contributed by atoms with Crippen LogP contribution >= 0.6 is 0 Å². The van der Waals surface area contributed by atoms with Crippen molar-refractivity contribution in [1.82, 2.24) is 0 Å². The number of hydrogen-bond donors (Lipinski definition) is 0. The van der Waals surface area contributed by atoms with Crippen molar-refractivity contribution in [3.8, 4) is 0 Å². The van der Waals surface area contributed by atoms with Crippen molar-refractivity contribution in [2.45, 2.75) is 27.7 Å². The first-order valence-corrected chi connectivity index (χ1v) is 4.17. The molecule has 0 heterocycles. The average molecular weight is 245 g/mol. The molecule has 0 saturated heterocycles. The van der Waals surface area contributed by atoms with E-state index in [9.17, 15) is 0 Å². The molecule has 2 nitrogen and oxygen atoms in total. The standard InChI is InChI=1S/C6H13O2.C4H9.Cu.Li/c1-6(2)4-8-5-7-3;1-4(2)3;;/h6H,1,4-5H2,2-3H3;1-3H3;;/q2*-1;2*+1/t6-;;;/m1.../s1. The van der Waals surface area contributed by atoms with Gasteiger partial charge in [-0.25, -0.2) is 0 Å². The summed E-state index contributed by atoms with van der Waals surface area (Å²) in [5.41, 5.74) is 0. The third kappa shape index (κ3) is 51.8. The molecule has 0 spiro atoms. The first-order valence-electron chi connectivity index (χ1n) is 4.17. The predicted octanol–water partition coefficient (Wildman–Crippen LogP) is -0.301. The monoisotopic (exact) mass is 244 g/mol. The van der Waals surface area contributed by atoms with E-state index in [1.807, 2.05) is 6.92 Å². The molecule has 0 rings (SSSR count). The van der Waals surface area contributed by atoms with E-state index in [1.54, 1.807) is 7.11 Å². The summed E-state index contributed by atoms with van der Waals surface area (Å²) in [7, 11) is 1.60. The minimum absolute atomic E-state index is 0. The van der Waals surface area contributed by atoms with Crippen LogP contribution in [0.2, 0.25) is 0 Å². The maximum atomic E-state index is 4.96. The molecular weight excluding hydrogens is 223 g/mol. The fourth-order valence-electron chi connectivity index (χ4n) is 0.333. The fourth-order valence-corrected chi connectivity index (χ4v) is 0.333. The molecule has 0 N–H and O–H groups in total. The molecule has 0 radical (unpaired) electrons. The van der Waals surface area contributed by atoms with Gasteiger partial charge >= 0.3 is 35.9 Å². The summed E-state index contributed by atoms with van der Waals surface area (Å²) in [6.07, 6.45) is 0. The molecule has 0 amide bonds. The maximum Gasteiger partial charge on any atom is 1.00 e. The number of ether oxygens (including phenoxy) is 2. The van der Waals surface area contributed by atoms with Gasteiger partial charge in [0, 0.05) is 13.7 Å². The maximum absolute atomic E-state index is 4.96. The molecule has 0 aromatic heterocycles. The van der Waals surface area contributed by atoms with Crippen LogP contribution in [0.5, 0.6) is 0 Å². The molecule has 0 fully saturated rings. The Hall–Kier alpha value is 1.04. The number of hydrogen-bond acceptors (Lipinski definition) is 2. The van der Waals surface area contributed by atoms with Crippen LogP contribution in [0.15, 0.2) is 0 Å². The predicted molar refractivity (Wildman–Crippen MR) is 52.6 cm³/mol. The zero-order valence-corrected chi connectivity index (χ0v) is 11.3. The molecule has 86 valence electrons. The minimum Gasteiger partial charge on any atom is -0.359 e. The molecule has 0 aliphatic carbocycles. The SMILES string of the molecule is C[C-](C)C.[CH2-][C@H](C)COCOC.[Cu+].[Li+]. The van der Waals surface area contributed by atoms with E-state index in [0.29, 0.717) is 19.3 Å². The van der Waals surface area contributed by atoms with Crippen LogP contribution < -0.4 is 18.9 Å². The largest absolute Gasteiger partial charge is 1.00 e. The second-order valence-corrected chi connectivity index (χ2v) is 3.38. The van der Waals surface area contributed by atoms with Crippen molar-refractivity contribution in [2.75, 3.05) is 20.5 Å². The van der Waals surface area contributed by atoms with Crippen molar-refractivity contribution in [1.29, 1.82) is 0 Å². The Bertz CT molecular complexity index is 77.8. The molecule has 0 saturated carbocycles. The number of rotatable bonds is 4. The third-order valence-electron chi connectivity index (χ3n) is 0.604. The van der Waals surface area contributed by atoms with E-state index in [4.69, 9.17) is 4.74 Å². The van der Waals surface area contributed by atoms with Crippen LogP contribution in [-0.4, -0.2) is 20.5 Å². The minimum atomic E-state index is 0. The molecular formula is C10H22CuLiO2. The first kappa shape index (κ1) is 24.3. The second kappa shape index (κ2) is 19.6. The quantitative estimate of drug-likeness (QED) is 0.293. The second-order valence-electron chi connectivity index (χ2n) is 3.38. The molecule has 14 heavy (non-hydrogen) atoms. The van der Waals surface area contributed by atoms with Gasteiger partial charge in [-0.15, -0.1) is 5.92 Å². The van der Waals surface area contributed by atoms with E-state index in [0.717, 1.165) is 0 Å². The third-order valence-corrected chi connectivity index (χ3v) is 0.604. The van der Waals surface area contributed by atoms with Crippen molar-refractivity contribution >= 4 is 0 Å². The van der Waals surface area contributed by atoms with Gasteiger partial charge < -0.3 is 22.3 Å². The van der Waals surface area contributed by atoms with Crippen molar-refractivity contribution < 1.29 is 45.4 Å². The molecule has 0 bridgehead atoms. The number of methoxy groups -OCH3 is 1. The molecule has 1 atom stereocenters. The zero-order valence-electron chi connectivity index (χ0n) is 10.3. The van der Waals surface area contributed by atoms with Gasteiger partial charge in [-0.1, -0.05) is 6.92 Å². The van der Waals surface area contributed by atoms with Gasteiger partial charge in [-0.05, 0) is 0 Å². The van der Waals surface area contributed by atoms with E-state index in [1.165, 1.54) is 5.92 Å². The molecule has 4 heteroatoms. The first-order chi connectivity index (χ1) is 5.50. The summed E-state index contributed by atoms with van der Waals surface area (Å²) in [4.78, 5) is 0. The van der Waals surface area contributed by atoms with Crippen molar-refractivity contribution in [3.63, 3.8) is 0 Å². The van der Waals surface area contributed by atoms with Crippen LogP contribution in [0, 0.1) is 18.8 Å². The van der Waals surface area contributed by atoms with E-state index >= 15 is 0 Å². The Kier molecular flexibility index (Phi) is 34.0. The van der Waals surface area contributed by atoms with Crippen molar-refractivity contribution in [2.24, 2.45) is 5.92 Å². The molecule has 0 aliphatic heterocycles. The Morgan fingerprint density at radius 2 is 1.64 bits per heavy atom. The topological polar surface area (TPSA) is 18.5 Å². The van der Waals surface area contributed by atoms with Crippen LogP contribution in [0.25, 0.3) is 0 Å². The Labute approximate surface area is 112 Å². The summed E-state index contributed by atoms with van der Waals surface area (Å²) in [6.45, 7) is 13.0. The van der Waals surface area contributed by atoms with Gasteiger partial charge in [-0.3, -0.25) is 0 Å². The smallest absolute Gasteiger partial charge is 0.359 e. The van der Waals surface area contributed by atoms with E-state index < -0.39 is 0 Å². The summed E-state index contributed by atoms with van der Waals surface area (Å²) >= 11 is 0. The summed E-state index contributed by atoms with van der Waals surface area (Å²) < 4.78 is 9.60. The van der Waals surface area contributed by atoms with Crippen molar-refractivity contribution in [3.05, 3.63) is 12.8 Å². The molecule has 0 unspecified atom stereocenters. The van der Waals surface area contributed by atoms with Crippen LogP contribution in [0.1, 0.15) is 27.7 Å². The van der Waals surface area contributed by atoms with Crippen LogP contribution in [0.3, 0.4) is 0 Å². The molecule has 0 aromatic rings. The van der Waals surface area contributed by atoms with Gasteiger partial charge in [-0.2, -0.15) is 20.8 Å². The van der Waals surface area contributed by atoms with Gasteiger partial charge in [0.1, 0.15) is 6.79 Å². The van der Waals surface area contributed by atoms with Gasteiger partial charge in [0.25, 0.3) is 0 Å². The summed E-state index contributed by atoms with van der Waals surface area (Å²) in [6, 6.07) is 0. The van der Waals surface area contributed by atoms with Gasteiger partial charge in [0.2, 0.25) is 0 Å². The Morgan fingerprint density at radius 3 is 1.86 bits per heavy atom. The summed E-state index contributed by atoms with van der Waals surface area (Å²) in [5, 5.41) is 0. The molecule has 0 aromatic carbocycles. The Balaban J connectivity index is -0.0000000733. The average Bonchev–Trinajstić information content (AvgIpc) is 1.86.